The number of carbonyl (C=O) groups is 4. The monoisotopic (exact) mass is 334 g/mol. The molecule has 0 aromatic rings. The molecule has 0 aromatic carbocycles. The van der Waals surface area contributed by atoms with Crippen LogP contribution in [0.15, 0.2) is 12.2 Å². The van der Waals surface area contributed by atoms with E-state index in [9.17, 15) is 19.2 Å². The van der Waals surface area contributed by atoms with Crippen LogP contribution in [0.5, 0.6) is 0 Å². The van der Waals surface area contributed by atoms with Crippen LogP contribution in [-0.4, -0.2) is 60.2 Å². The number of imide groups is 1. The molecule has 2 heterocycles. The molecule has 0 saturated carbocycles. The number of likely N-dealkylation sites (tertiary alicyclic amines) is 2. The van der Waals surface area contributed by atoms with Gasteiger partial charge < -0.3 is 9.64 Å². The zero-order chi connectivity index (χ0) is 17.3. The van der Waals surface area contributed by atoms with Crippen LogP contribution < -0.4 is 0 Å². The molecule has 2 unspecified atom stereocenters. The Morgan fingerprint density at radius 2 is 1.62 bits per heavy atom. The average Bonchev–Trinajstić information content (AvgIpc) is 2.86. The minimum atomic E-state index is -0.305. The van der Waals surface area contributed by atoms with Crippen LogP contribution in [0.4, 0.5) is 0 Å². The first-order valence-electron chi connectivity index (χ1n) is 8.38. The summed E-state index contributed by atoms with van der Waals surface area (Å²) in [5.74, 6) is -1.72. The molecule has 2 fully saturated rings. The van der Waals surface area contributed by atoms with Gasteiger partial charge in [-0.1, -0.05) is 12.2 Å². The quantitative estimate of drug-likeness (QED) is 0.422. The molecule has 0 N–H and O–H groups in total. The maximum Gasteiger partial charge on any atom is 0.308 e. The van der Waals surface area contributed by atoms with E-state index in [4.69, 9.17) is 4.74 Å². The van der Waals surface area contributed by atoms with Crippen LogP contribution >= 0.6 is 0 Å². The second-order valence-corrected chi connectivity index (χ2v) is 6.60. The SMILES string of the molecule is COC(=O)C1CCN(C(=O)CN2C(=O)C3CC=CCC3C2=O)CC1. The average molecular weight is 334 g/mol. The van der Waals surface area contributed by atoms with Gasteiger partial charge in [-0.05, 0) is 25.7 Å². The van der Waals surface area contributed by atoms with E-state index < -0.39 is 0 Å². The molecule has 3 aliphatic rings. The summed E-state index contributed by atoms with van der Waals surface area (Å²) in [5.41, 5.74) is 0. The third-order valence-corrected chi connectivity index (χ3v) is 5.27. The molecule has 0 spiro atoms. The third-order valence-electron chi connectivity index (χ3n) is 5.27. The Morgan fingerprint density at radius 3 is 2.12 bits per heavy atom. The zero-order valence-electron chi connectivity index (χ0n) is 13.8. The van der Waals surface area contributed by atoms with Crippen molar-refractivity contribution in [2.75, 3.05) is 26.7 Å². The lowest BCUT2D eigenvalue weighted by Gasteiger charge is -2.31. The standard InChI is InChI=1S/C17H22N2O5/c1-24-17(23)11-6-8-18(9-7-11)14(20)10-19-15(21)12-4-2-3-5-13(12)16(19)22/h2-3,11-13H,4-10H2,1H3. The van der Waals surface area contributed by atoms with Crippen LogP contribution in [0.2, 0.25) is 0 Å². The number of fused-ring (bicyclic) bond motifs is 1. The largest absolute Gasteiger partial charge is 0.469 e. The summed E-state index contributed by atoms with van der Waals surface area (Å²) in [4.78, 5) is 51.5. The van der Waals surface area contributed by atoms with E-state index in [1.807, 2.05) is 12.2 Å². The summed E-state index contributed by atoms with van der Waals surface area (Å²) in [6.45, 7) is 0.708. The van der Waals surface area contributed by atoms with E-state index in [1.54, 1.807) is 4.90 Å². The molecule has 0 aromatic heterocycles. The van der Waals surface area contributed by atoms with Gasteiger partial charge in [-0.2, -0.15) is 0 Å². The van der Waals surface area contributed by atoms with Gasteiger partial charge in [0.2, 0.25) is 17.7 Å². The fourth-order valence-corrected chi connectivity index (χ4v) is 3.79. The predicted molar refractivity (Wildman–Crippen MR) is 83.4 cm³/mol. The highest BCUT2D eigenvalue weighted by molar-refractivity contribution is 6.07. The Bertz CT molecular complexity index is 566. The van der Waals surface area contributed by atoms with Gasteiger partial charge in [-0.3, -0.25) is 24.1 Å². The molecule has 7 heteroatoms. The molecule has 2 atom stereocenters. The fourth-order valence-electron chi connectivity index (χ4n) is 3.79. The van der Waals surface area contributed by atoms with E-state index >= 15 is 0 Å². The summed E-state index contributed by atoms with van der Waals surface area (Å²) in [5, 5.41) is 0. The second-order valence-electron chi connectivity index (χ2n) is 6.60. The van der Waals surface area contributed by atoms with Gasteiger partial charge in [0, 0.05) is 13.1 Å². The summed E-state index contributed by atoms with van der Waals surface area (Å²) in [6, 6.07) is 0. The highest BCUT2D eigenvalue weighted by Crippen LogP contribution is 2.35. The molecule has 7 nitrogen and oxygen atoms in total. The van der Waals surface area contributed by atoms with Crippen molar-refractivity contribution in [3.05, 3.63) is 12.2 Å². The molecule has 0 bridgehead atoms. The Kier molecular flexibility index (Phi) is 4.69. The lowest BCUT2D eigenvalue weighted by molar-refractivity contribution is -0.150. The van der Waals surface area contributed by atoms with Crippen molar-refractivity contribution in [1.82, 2.24) is 9.80 Å². The highest BCUT2D eigenvalue weighted by atomic mass is 16.5. The maximum absolute atomic E-state index is 12.4. The summed E-state index contributed by atoms with van der Waals surface area (Å²) >= 11 is 0. The summed E-state index contributed by atoms with van der Waals surface area (Å²) in [6.07, 6.45) is 6.10. The van der Waals surface area contributed by atoms with E-state index in [0.717, 1.165) is 4.90 Å². The topological polar surface area (TPSA) is 84.0 Å². The number of hydrogen-bond acceptors (Lipinski definition) is 5. The fraction of sp³-hybridized carbons (Fsp3) is 0.647. The number of nitrogens with zero attached hydrogens (tertiary/aromatic N) is 2. The van der Waals surface area contributed by atoms with Gasteiger partial charge in [-0.25, -0.2) is 0 Å². The lowest BCUT2D eigenvalue weighted by Crippen LogP contribution is -2.46. The Labute approximate surface area is 140 Å². The minimum absolute atomic E-state index is 0.178. The number of amides is 3. The van der Waals surface area contributed by atoms with Crippen molar-refractivity contribution < 1.29 is 23.9 Å². The normalized spacial score (nSPS) is 27.4. The molecule has 24 heavy (non-hydrogen) atoms. The Balaban J connectivity index is 1.57. The van der Waals surface area contributed by atoms with Gasteiger partial charge in [0.15, 0.2) is 0 Å². The third kappa shape index (κ3) is 2.95. The van der Waals surface area contributed by atoms with Crippen LogP contribution in [0.3, 0.4) is 0 Å². The van der Waals surface area contributed by atoms with Gasteiger partial charge >= 0.3 is 5.97 Å². The maximum atomic E-state index is 12.4. The molecule has 1 aliphatic carbocycles. The van der Waals surface area contributed by atoms with Crippen LogP contribution in [0.1, 0.15) is 25.7 Å². The summed E-state index contributed by atoms with van der Waals surface area (Å²) < 4.78 is 4.73. The molecular formula is C17H22N2O5. The van der Waals surface area contributed by atoms with Crippen molar-refractivity contribution in [3.63, 3.8) is 0 Å². The first-order chi connectivity index (χ1) is 11.5. The van der Waals surface area contributed by atoms with Gasteiger partial charge in [0.1, 0.15) is 6.54 Å². The van der Waals surface area contributed by atoms with Crippen LogP contribution in [0.25, 0.3) is 0 Å². The second kappa shape index (κ2) is 6.75. The number of hydrogen-bond donors (Lipinski definition) is 0. The molecular weight excluding hydrogens is 312 g/mol. The Morgan fingerprint density at radius 1 is 1.08 bits per heavy atom. The van der Waals surface area contributed by atoms with Crippen LogP contribution in [-0.2, 0) is 23.9 Å². The number of methoxy groups -OCH3 is 1. The minimum Gasteiger partial charge on any atom is -0.469 e. The molecule has 2 saturated heterocycles. The zero-order valence-corrected chi connectivity index (χ0v) is 13.8. The van der Waals surface area contributed by atoms with Crippen molar-refractivity contribution in [2.45, 2.75) is 25.7 Å². The summed E-state index contributed by atoms with van der Waals surface area (Å²) in [7, 11) is 1.36. The highest BCUT2D eigenvalue weighted by Gasteiger charge is 2.48. The predicted octanol–water partition coefficient (Wildman–Crippen LogP) is 0.349. The smallest absolute Gasteiger partial charge is 0.308 e. The Hall–Kier alpha value is -2.18. The van der Waals surface area contributed by atoms with E-state index in [0.29, 0.717) is 38.8 Å². The van der Waals surface area contributed by atoms with Crippen molar-refractivity contribution in [1.29, 1.82) is 0 Å². The first-order valence-corrected chi connectivity index (χ1v) is 8.38. The van der Waals surface area contributed by atoms with Crippen molar-refractivity contribution in [2.24, 2.45) is 17.8 Å². The number of allylic oxidation sites excluding steroid dienone is 2. The van der Waals surface area contributed by atoms with E-state index in [-0.39, 0.29) is 48.0 Å². The molecule has 0 radical (unpaired) electrons. The number of rotatable bonds is 3. The molecule has 3 rings (SSSR count). The first kappa shape index (κ1) is 16.7. The van der Waals surface area contributed by atoms with E-state index in [1.165, 1.54) is 7.11 Å². The number of carbonyl (C=O) groups excluding carboxylic acids is 4. The van der Waals surface area contributed by atoms with Crippen LogP contribution in [0, 0.1) is 17.8 Å². The number of piperidine rings is 1. The van der Waals surface area contributed by atoms with Gasteiger partial charge in [0.25, 0.3) is 0 Å². The van der Waals surface area contributed by atoms with Crippen molar-refractivity contribution in [3.8, 4) is 0 Å². The number of esters is 1. The molecule has 3 amide bonds. The van der Waals surface area contributed by atoms with Gasteiger partial charge in [-0.15, -0.1) is 0 Å². The molecule has 130 valence electrons. The van der Waals surface area contributed by atoms with E-state index in [2.05, 4.69) is 0 Å². The van der Waals surface area contributed by atoms with Crippen molar-refractivity contribution >= 4 is 23.7 Å². The molecule has 2 aliphatic heterocycles. The van der Waals surface area contributed by atoms with Gasteiger partial charge in [0.05, 0.1) is 24.9 Å². The lowest BCUT2D eigenvalue weighted by atomic mass is 9.85. The number of ether oxygens (including phenoxy) is 1.